The number of rotatable bonds is 6. The Morgan fingerprint density at radius 2 is 1.85 bits per heavy atom. The second kappa shape index (κ2) is 8.57. The molecule has 3 N–H and O–H groups in total. The van der Waals surface area contributed by atoms with Crippen LogP contribution in [0, 0.1) is 5.82 Å². The molecule has 1 aliphatic rings. The lowest BCUT2D eigenvalue weighted by atomic mass is 10.1. The molecule has 0 bridgehead atoms. The Morgan fingerprint density at radius 1 is 1.12 bits per heavy atom. The number of hydrogen-bond donors (Lipinski definition) is 3. The summed E-state index contributed by atoms with van der Waals surface area (Å²) in [5.74, 6) is -1.03. The highest BCUT2D eigenvalue weighted by atomic mass is 19.1. The third kappa shape index (κ3) is 4.89. The Balaban J connectivity index is 1.54. The van der Waals surface area contributed by atoms with Gasteiger partial charge in [0.15, 0.2) is 5.69 Å². The molecule has 1 aromatic heterocycles. The van der Waals surface area contributed by atoms with Gasteiger partial charge in [0.2, 0.25) is 5.91 Å². The van der Waals surface area contributed by atoms with E-state index in [0.717, 1.165) is 13.1 Å². The normalized spacial score (nSPS) is 14.8. The van der Waals surface area contributed by atoms with Crippen LogP contribution in [-0.4, -0.2) is 46.5 Å². The molecule has 138 valence electrons. The minimum Gasteiger partial charge on any atom is -0.323 e. The van der Waals surface area contributed by atoms with Crippen LogP contribution in [0.15, 0.2) is 30.5 Å². The molecule has 1 saturated heterocycles. The highest BCUT2D eigenvalue weighted by Gasteiger charge is 2.18. The van der Waals surface area contributed by atoms with Gasteiger partial charge >= 0.3 is 0 Å². The quantitative estimate of drug-likeness (QED) is 0.739. The van der Waals surface area contributed by atoms with Crippen LogP contribution in [0.2, 0.25) is 0 Å². The number of anilines is 2. The lowest BCUT2D eigenvalue weighted by Crippen LogP contribution is -2.32. The molecule has 0 spiro atoms. The molecular formula is C18H22FN5O2. The number of amides is 2. The molecule has 2 amide bonds. The van der Waals surface area contributed by atoms with Crippen molar-refractivity contribution >= 4 is 23.2 Å². The third-order valence-corrected chi connectivity index (χ3v) is 4.34. The number of aromatic nitrogens is 2. The van der Waals surface area contributed by atoms with Gasteiger partial charge in [-0.2, -0.15) is 5.10 Å². The number of H-pyrrole nitrogens is 1. The van der Waals surface area contributed by atoms with E-state index in [1.165, 1.54) is 49.7 Å². The monoisotopic (exact) mass is 359 g/mol. The molecule has 3 rings (SSSR count). The number of benzene rings is 1. The molecular weight excluding hydrogens is 337 g/mol. The summed E-state index contributed by atoms with van der Waals surface area (Å²) >= 11 is 0. The van der Waals surface area contributed by atoms with Gasteiger partial charge < -0.3 is 15.5 Å². The topological polar surface area (TPSA) is 90.1 Å². The zero-order valence-electron chi connectivity index (χ0n) is 14.4. The highest BCUT2D eigenvalue weighted by Crippen LogP contribution is 2.16. The van der Waals surface area contributed by atoms with Crippen LogP contribution in [0.1, 0.15) is 36.2 Å². The summed E-state index contributed by atoms with van der Waals surface area (Å²) in [6.07, 6.45) is 5.45. The molecule has 1 aliphatic heterocycles. The summed E-state index contributed by atoms with van der Waals surface area (Å²) in [5.41, 5.74) is 0.857. The first-order valence-electron chi connectivity index (χ1n) is 8.75. The maximum Gasteiger partial charge on any atom is 0.278 e. The molecule has 7 nitrogen and oxygen atoms in total. The van der Waals surface area contributed by atoms with E-state index in [9.17, 15) is 14.0 Å². The van der Waals surface area contributed by atoms with E-state index in [4.69, 9.17) is 0 Å². The first kappa shape index (κ1) is 18.1. The number of aromatic amines is 1. The van der Waals surface area contributed by atoms with E-state index in [-0.39, 0.29) is 17.4 Å². The van der Waals surface area contributed by atoms with Gasteiger partial charge in [-0.1, -0.05) is 6.42 Å². The Morgan fingerprint density at radius 3 is 2.58 bits per heavy atom. The maximum absolute atomic E-state index is 12.9. The summed E-state index contributed by atoms with van der Waals surface area (Å²) in [7, 11) is 0. The van der Waals surface area contributed by atoms with Crippen molar-refractivity contribution in [3.05, 3.63) is 42.0 Å². The van der Waals surface area contributed by atoms with Crippen molar-refractivity contribution in [1.82, 2.24) is 15.1 Å². The van der Waals surface area contributed by atoms with Crippen LogP contribution in [0.25, 0.3) is 0 Å². The molecule has 0 aliphatic carbocycles. The average molecular weight is 359 g/mol. The van der Waals surface area contributed by atoms with E-state index in [1.54, 1.807) is 0 Å². The van der Waals surface area contributed by atoms with E-state index in [1.807, 2.05) is 0 Å². The predicted octanol–water partition coefficient (Wildman–Crippen LogP) is 2.62. The zero-order valence-corrected chi connectivity index (χ0v) is 14.4. The van der Waals surface area contributed by atoms with Gasteiger partial charge in [0.25, 0.3) is 5.91 Å². The summed E-state index contributed by atoms with van der Waals surface area (Å²) < 4.78 is 12.9. The Bertz CT molecular complexity index is 753. The van der Waals surface area contributed by atoms with Crippen LogP contribution >= 0.6 is 0 Å². The summed E-state index contributed by atoms with van der Waals surface area (Å²) in [5, 5.41) is 11.8. The molecule has 0 unspecified atom stereocenters. The van der Waals surface area contributed by atoms with E-state index >= 15 is 0 Å². The number of halogens is 1. The van der Waals surface area contributed by atoms with Crippen LogP contribution in [0.3, 0.4) is 0 Å². The van der Waals surface area contributed by atoms with Gasteiger partial charge in [-0.05, 0) is 50.2 Å². The summed E-state index contributed by atoms with van der Waals surface area (Å²) in [6.45, 7) is 2.77. The fourth-order valence-corrected chi connectivity index (χ4v) is 2.94. The van der Waals surface area contributed by atoms with Crippen molar-refractivity contribution in [3.8, 4) is 0 Å². The van der Waals surface area contributed by atoms with Crippen molar-refractivity contribution in [2.45, 2.75) is 25.7 Å². The van der Waals surface area contributed by atoms with Gasteiger partial charge in [0.1, 0.15) is 5.82 Å². The van der Waals surface area contributed by atoms with Crippen molar-refractivity contribution in [3.63, 3.8) is 0 Å². The Hall–Kier alpha value is -2.74. The van der Waals surface area contributed by atoms with Crippen LogP contribution in [-0.2, 0) is 4.79 Å². The standard InChI is InChI=1S/C18H22FN5O2/c19-13-4-6-14(7-5-13)21-18(26)17-15(12-20-23-17)22-16(25)8-11-24-9-2-1-3-10-24/h4-7,12H,1-3,8-11H2,(H,20,23)(H,21,26)(H,22,25). The fourth-order valence-electron chi connectivity index (χ4n) is 2.94. The molecule has 0 saturated carbocycles. The molecule has 0 radical (unpaired) electrons. The Kier molecular flexibility index (Phi) is 5.96. The average Bonchev–Trinajstić information content (AvgIpc) is 3.11. The molecule has 26 heavy (non-hydrogen) atoms. The van der Waals surface area contributed by atoms with Gasteiger partial charge in [-0.15, -0.1) is 0 Å². The van der Waals surface area contributed by atoms with E-state index in [2.05, 4.69) is 25.7 Å². The van der Waals surface area contributed by atoms with Gasteiger partial charge in [-0.25, -0.2) is 4.39 Å². The van der Waals surface area contributed by atoms with E-state index < -0.39 is 5.91 Å². The number of carbonyl (C=O) groups is 2. The molecule has 8 heteroatoms. The number of likely N-dealkylation sites (tertiary alicyclic amines) is 1. The number of carbonyl (C=O) groups excluding carboxylic acids is 2. The van der Waals surface area contributed by atoms with E-state index in [0.29, 0.717) is 24.3 Å². The minimum atomic E-state index is -0.482. The van der Waals surface area contributed by atoms with Gasteiger partial charge in [-0.3, -0.25) is 14.7 Å². The van der Waals surface area contributed by atoms with Crippen LogP contribution in [0.4, 0.5) is 15.8 Å². The molecule has 1 fully saturated rings. The number of piperidine rings is 1. The maximum atomic E-state index is 12.9. The highest BCUT2D eigenvalue weighted by molar-refractivity contribution is 6.08. The third-order valence-electron chi connectivity index (χ3n) is 4.34. The van der Waals surface area contributed by atoms with Crippen molar-refractivity contribution in [2.75, 3.05) is 30.3 Å². The fraction of sp³-hybridized carbons (Fsp3) is 0.389. The molecule has 2 aromatic rings. The zero-order chi connectivity index (χ0) is 18.4. The Labute approximate surface area is 151 Å². The van der Waals surface area contributed by atoms with Gasteiger partial charge in [0.05, 0.1) is 5.69 Å². The lowest BCUT2D eigenvalue weighted by Gasteiger charge is -2.25. The van der Waals surface area contributed by atoms with Crippen LogP contribution in [0.5, 0.6) is 0 Å². The second-order valence-corrected chi connectivity index (χ2v) is 6.31. The number of hydrogen-bond acceptors (Lipinski definition) is 4. The predicted molar refractivity (Wildman–Crippen MR) is 96.5 cm³/mol. The van der Waals surface area contributed by atoms with Gasteiger partial charge in [0, 0.05) is 24.8 Å². The van der Waals surface area contributed by atoms with Crippen LogP contribution < -0.4 is 10.6 Å². The van der Waals surface area contributed by atoms with Crippen molar-refractivity contribution < 1.29 is 14.0 Å². The molecule has 2 heterocycles. The minimum absolute atomic E-state index is 0.0839. The smallest absolute Gasteiger partial charge is 0.278 e. The second-order valence-electron chi connectivity index (χ2n) is 6.31. The van der Waals surface area contributed by atoms with Crippen molar-refractivity contribution in [2.24, 2.45) is 0 Å². The lowest BCUT2D eigenvalue weighted by molar-refractivity contribution is -0.116. The summed E-state index contributed by atoms with van der Waals surface area (Å²) in [6, 6.07) is 5.42. The number of nitrogens with zero attached hydrogens (tertiary/aromatic N) is 2. The first-order valence-corrected chi connectivity index (χ1v) is 8.75. The summed E-state index contributed by atoms with van der Waals surface area (Å²) in [4.78, 5) is 26.8. The molecule has 0 atom stereocenters. The first-order chi connectivity index (χ1) is 12.6. The molecule has 1 aromatic carbocycles. The van der Waals surface area contributed by atoms with Crippen molar-refractivity contribution in [1.29, 1.82) is 0 Å². The largest absolute Gasteiger partial charge is 0.323 e. The number of nitrogens with one attached hydrogen (secondary N) is 3. The SMILES string of the molecule is O=C(CCN1CCCCC1)Nc1c[nH]nc1C(=O)Nc1ccc(F)cc1.